The van der Waals surface area contributed by atoms with Crippen LogP contribution in [0.4, 0.5) is 5.69 Å². The molecule has 4 heteroatoms. The van der Waals surface area contributed by atoms with Gasteiger partial charge in [0.15, 0.2) is 0 Å². The standard InChI is InChI=1S/C22H23N2O.C19H15.Hf/c1-14(2)17-10-6-11-18(15(3)4)20(17)22(25)24-19-12-5-8-16-9-7-13-23-21(16)19;1-4-10-16(11-5-1)19(17-12-6-2-7-13-17)18-14-8-3-9-15-18;/h5-12,14-15H,1-4H3,(H,24,25);1-15H;. The van der Waals surface area contributed by atoms with Gasteiger partial charge in [-0.1, -0.05) is 0 Å². The molecule has 0 bridgehead atoms. The van der Waals surface area contributed by atoms with Gasteiger partial charge in [-0.05, 0) is 0 Å². The Labute approximate surface area is 278 Å². The summed E-state index contributed by atoms with van der Waals surface area (Å²) >= 11 is -1.85. The van der Waals surface area contributed by atoms with Crippen LogP contribution in [0.15, 0.2) is 140 Å². The number of pyridine rings is 1. The van der Waals surface area contributed by atoms with Crippen LogP contribution >= 0.6 is 0 Å². The second-order valence-electron chi connectivity index (χ2n) is 12.1. The molecular weight excluding hydrogens is 715 g/mol. The average molecular weight is 753 g/mol. The molecule has 5 aromatic carbocycles. The molecule has 6 rings (SSSR count). The van der Waals surface area contributed by atoms with E-state index in [1.54, 1.807) is 0 Å². The van der Waals surface area contributed by atoms with Crippen LogP contribution in [0.2, 0.25) is 0 Å². The van der Waals surface area contributed by atoms with E-state index in [0.29, 0.717) is 0 Å². The van der Waals surface area contributed by atoms with E-state index < -0.39 is 22.9 Å². The summed E-state index contributed by atoms with van der Waals surface area (Å²) in [5.41, 5.74) is 8.39. The third-order valence-corrected chi connectivity index (χ3v) is 14.9. The summed E-state index contributed by atoms with van der Waals surface area (Å²) in [5.74, 6) is 0.395. The Kier molecular flexibility index (Phi) is 9.23. The van der Waals surface area contributed by atoms with Crippen molar-refractivity contribution in [2.75, 3.05) is 5.32 Å². The number of amides is 1. The molecule has 3 nitrogen and oxygen atoms in total. The van der Waals surface area contributed by atoms with Crippen molar-refractivity contribution in [1.29, 1.82) is 0 Å². The van der Waals surface area contributed by atoms with Crippen molar-refractivity contribution in [2.45, 2.75) is 42.7 Å². The molecule has 0 aliphatic carbocycles. The monoisotopic (exact) mass is 754 g/mol. The molecule has 0 atom stereocenters. The molecule has 1 N–H and O–H groups in total. The van der Waals surface area contributed by atoms with Crippen LogP contribution in [0.5, 0.6) is 0 Å². The summed E-state index contributed by atoms with van der Waals surface area (Å²) < 4.78 is 0.872. The van der Waals surface area contributed by atoms with E-state index in [2.05, 4.69) is 160 Å². The van der Waals surface area contributed by atoms with Gasteiger partial charge in [0.1, 0.15) is 0 Å². The minimum atomic E-state index is -1.85. The Morgan fingerprint density at radius 3 is 1.58 bits per heavy atom. The number of fused-ring (bicyclic) bond motifs is 1. The van der Waals surface area contributed by atoms with Crippen LogP contribution in [0.1, 0.15) is 77.7 Å². The van der Waals surface area contributed by atoms with Crippen molar-refractivity contribution in [1.82, 2.24) is 4.98 Å². The molecule has 0 fully saturated rings. The van der Waals surface area contributed by atoms with Gasteiger partial charge in [0, 0.05) is 0 Å². The predicted molar refractivity (Wildman–Crippen MR) is 183 cm³/mol. The molecule has 1 heterocycles. The zero-order chi connectivity index (χ0) is 31.4. The van der Waals surface area contributed by atoms with Gasteiger partial charge in [0.2, 0.25) is 0 Å². The predicted octanol–water partition coefficient (Wildman–Crippen LogP) is 9.43. The molecule has 0 saturated carbocycles. The van der Waals surface area contributed by atoms with Crippen molar-refractivity contribution < 1.29 is 27.7 Å². The number of benzene rings is 5. The Hall–Kier alpha value is -4.15. The summed E-state index contributed by atoms with van der Waals surface area (Å²) in [6.07, 6.45) is 0. The Balaban J connectivity index is 1.47. The minimum absolute atomic E-state index is 0.0722. The number of nitrogens with zero attached hydrogens (tertiary/aromatic N) is 1. The fourth-order valence-corrected chi connectivity index (χ4v) is 12.2. The molecule has 1 aromatic heterocycles. The third-order valence-electron chi connectivity index (χ3n) is 8.50. The summed E-state index contributed by atoms with van der Waals surface area (Å²) in [7, 11) is 0. The van der Waals surface area contributed by atoms with E-state index in [1.165, 1.54) is 16.7 Å². The van der Waals surface area contributed by atoms with Crippen LogP contribution in [0.3, 0.4) is 0 Å². The molecule has 0 spiro atoms. The number of nitrogens with one attached hydrogen (secondary N) is 1. The first-order chi connectivity index (χ1) is 21.9. The molecule has 45 heavy (non-hydrogen) atoms. The van der Waals surface area contributed by atoms with Gasteiger partial charge in [0.05, 0.1) is 0 Å². The van der Waals surface area contributed by atoms with Gasteiger partial charge in [-0.3, -0.25) is 0 Å². The molecular formula is C41H38HfN2O. The third kappa shape index (κ3) is 6.21. The SMILES string of the molecule is CC(C)c1cccc(C(C)C)c1C(=O)Nc1cccc2cc[c]([Hf][C](c3ccccc3)(c3ccccc3)c3ccccc3)nc12. The fourth-order valence-electron chi connectivity index (χ4n) is 6.29. The Morgan fingerprint density at radius 2 is 1.09 bits per heavy atom. The van der Waals surface area contributed by atoms with Gasteiger partial charge in [-0.15, -0.1) is 0 Å². The van der Waals surface area contributed by atoms with Crippen LogP contribution in [0, 0.1) is 0 Å². The second kappa shape index (κ2) is 13.5. The molecule has 0 aliphatic heterocycles. The van der Waals surface area contributed by atoms with Gasteiger partial charge < -0.3 is 0 Å². The van der Waals surface area contributed by atoms with E-state index in [9.17, 15) is 4.79 Å². The van der Waals surface area contributed by atoms with Crippen molar-refractivity contribution in [3.63, 3.8) is 0 Å². The number of anilines is 1. The van der Waals surface area contributed by atoms with Crippen LogP contribution in [0.25, 0.3) is 10.9 Å². The molecule has 0 aliphatic rings. The zero-order valence-electron chi connectivity index (χ0n) is 26.3. The van der Waals surface area contributed by atoms with E-state index in [0.717, 1.165) is 36.7 Å². The molecule has 1 amide bonds. The maximum atomic E-state index is 14.1. The number of carbonyl (C=O) groups is 1. The topological polar surface area (TPSA) is 42.0 Å². The first-order valence-electron chi connectivity index (χ1n) is 15.7. The van der Waals surface area contributed by atoms with E-state index >= 15 is 0 Å². The molecule has 222 valence electrons. The number of rotatable bonds is 9. The van der Waals surface area contributed by atoms with E-state index in [-0.39, 0.29) is 20.9 Å². The fraction of sp³-hybridized carbons (Fsp3) is 0.171. The molecule has 0 radical (unpaired) electrons. The summed E-state index contributed by atoms with van der Waals surface area (Å²) in [4.78, 5) is 19.4. The molecule has 6 aromatic rings. The van der Waals surface area contributed by atoms with E-state index in [1.807, 2.05) is 12.1 Å². The Morgan fingerprint density at radius 1 is 0.600 bits per heavy atom. The summed E-state index contributed by atoms with van der Waals surface area (Å²) in [5, 5.41) is 4.32. The van der Waals surface area contributed by atoms with Crippen LogP contribution in [-0.4, -0.2) is 10.9 Å². The van der Waals surface area contributed by atoms with Crippen molar-refractivity contribution in [2.24, 2.45) is 0 Å². The number of para-hydroxylation sites is 1. The first-order valence-corrected chi connectivity index (χ1v) is 19.3. The van der Waals surface area contributed by atoms with Gasteiger partial charge in [-0.25, -0.2) is 0 Å². The molecule has 0 unspecified atom stereocenters. The first kappa shape index (κ1) is 30.9. The maximum absolute atomic E-state index is 14.1. The number of hydrogen-bond donors (Lipinski definition) is 1. The summed E-state index contributed by atoms with van der Waals surface area (Å²) in [6.45, 7) is 8.58. The van der Waals surface area contributed by atoms with Crippen molar-refractivity contribution >= 4 is 25.9 Å². The number of aromatic nitrogens is 1. The van der Waals surface area contributed by atoms with Gasteiger partial charge in [0.25, 0.3) is 0 Å². The zero-order valence-corrected chi connectivity index (χ0v) is 29.9. The quantitative estimate of drug-likeness (QED) is 0.118. The van der Waals surface area contributed by atoms with Crippen LogP contribution in [-0.2, 0) is 26.1 Å². The average Bonchev–Trinajstić information content (AvgIpc) is 3.08. The second-order valence-corrected chi connectivity index (χ2v) is 17.6. The van der Waals surface area contributed by atoms with Crippen molar-refractivity contribution in [3.8, 4) is 0 Å². The Bertz CT molecular complexity index is 1800. The molecule has 0 saturated heterocycles. The summed E-state index contributed by atoms with van der Waals surface area (Å²) in [6, 6.07) is 49.3. The van der Waals surface area contributed by atoms with Gasteiger partial charge >= 0.3 is 280 Å². The number of hydrogen-bond acceptors (Lipinski definition) is 2. The van der Waals surface area contributed by atoms with E-state index in [4.69, 9.17) is 4.98 Å². The van der Waals surface area contributed by atoms with Crippen LogP contribution < -0.4 is 8.77 Å². The normalized spacial score (nSPS) is 11.6. The number of carbonyl (C=O) groups excluding carboxylic acids is 1. The van der Waals surface area contributed by atoms with Crippen molar-refractivity contribution in [3.05, 3.63) is 173 Å². The van der Waals surface area contributed by atoms with Gasteiger partial charge in [-0.2, -0.15) is 0 Å².